The quantitative estimate of drug-likeness (QED) is 0.688. The second-order valence-electron chi connectivity index (χ2n) is 6.03. The highest BCUT2D eigenvalue weighted by molar-refractivity contribution is 7.80. The molecule has 1 amide bonds. The van der Waals surface area contributed by atoms with E-state index in [9.17, 15) is 9.18 Å². The molecule has 134 valence electrons. The molecular weight excluding hydrogens is 373 g/mol. The van der Waals surface area contributed by atoms with E-state index in [4.69, 9.17) is 23.8 Å². The van der Waals surface area contributed by atoms with Crippen LogP contribution in [-0.2, 0) is 4.79 Å². The number of thiocarbonyl (C=S) groups is 1. The number of allylic oxidation sites excluding steroid dienone is 1. The first-order chi connectivity index (χ1) is 12.4. The summed E-state index contributed by atoms with van der Waals surface area (Å²) in [7, 11) is 0. The number of rotatable bonds is 3. The Morgan fingerprint density at radius 3 is 2.65 bits per heavy atom. The van der Waals surface area contributed by atoms with Gasteiger partial charge in [-0.15, -0.1) is 0 Å². The Kier molecular flexibility index (Phi) is 5.25. The van der Waals surface area contributed by atoms with Crippen LogP contribution in [0, 0.1) is 12.7 Å². The highest BCUT2D eigenvalue weighted by Crippen LogP contribution is 2.34. The molecule has 2 aromatic rings. The van der Waals surface area contributed by atoms with Crippen LogP contribution in [0.15, 0.2) is 53.7 Å². The fourth-order valence-electron chi connectivity index (χ4n) is 2.92. The first-order valence-electron chi connectivity index (χ1n) is 7.97. The summed E-state index contributed by atoms with van der Waals surface area (Å²) >= 11 is 11.4. The lowest BCUT2D eigenvalue weighted by atomic mass is 9.94. The molecule has 1 aliphatic rings. The minimum atomic E-state index is -0.790. The van der Waals surface area contributed by atoms with Crippen LogP contribution in [0.4, 0.5) is 10.1 Å². The number of aryl methyl sites for hydroxylation is 1. The summed E-state index contributed by atoms with van der Waals surface area (Å²) < 4.78 is 14.5. The average Bonchev–Trinajstić information content (AvgIpc) is 2.54. The van der Waals surface area contributed by atoms with Gasteiger partial charge in [0.05, 0.1) is 11.6 Å². The van der Waals surface area contributed by atoms with Crippen molar-refractivity contribution in [2.75, 3.05) is 5.32 Å². The molecule has 0 aromatic heterocycles. The van der Waals surface area contributed by atoms with Crippen molar-refractivity contribution in [3.63, 3.8) is 0 Å². The van der Waals surface area contributed by atoms with Crippen LogP contribution in [0.25, 0.3) is 0 Å². The Labute approximate surface area is 161 Å². The van der Waals surface area contributed by atoms with Gasteiger partial charge in [0.15, 0.2) is 5.11 Å². The summed E-state index contributed by atoms with van der Waals surface area (Å²) in [4.78, 5) is 12.9. The van der Waals surface area contributed by atoms with Gasteiger partial charge in [-0.2, -0.15) is 0 Å². The van der Waals surface area contributed by atoms with E-state index in [1.165, 1.54) is 12.1 Å². The minimum absolute atomic E-state index is 0.187. The first kappa shape index (κ1) is 18.4. The van der Waals surface area contributed by atoms with Crippen LogP contribution in [0.3, 0.4) is 0 Å². The molecule has 3 N–H and O–H groups in total. The summed E-state index contributed by atoms with van der Waals surface area (Å²) in [6.45, 7) is 3.66. The highest BCUT2D eigenvalue weighted by Gasteiger charge is 2.33. The van der Waals surface area contributed by atoms with Gasteiger partial charge >= 0.3 is 0 Å². The van der Waals surface area contributed by atoms with Crippen LogP contribution in [0.5, 0.6) is 0 Å². The van der Waals surface area contributed by atoms with Gasteiger partial charge in [-0.25, -0.2) is 4.39 Å². The van der Waals surface area contributed by atoms with Gasteiger partial charge in [0.25, 0.3) is 5.91 Å². The SMILES string of the molecule is CC1=C(C(=O)Nc2cccc(C)c2)[C@H](c2c(F)cccc2Cl)NC(=S)N1. The Bertz CT molecular complexity index is 909. The molecule has 1 heterocycles. The zero-order chi connectivity index (χ0) is 18.8. The molecule has 0 spiro atoms. The van der Waals surface area contributed by atoms with E-state index in [0.29, 0.717) is 22.1 Å². The molecule has 4 nitrogen and oxygen atoms in total. The standard InChI is InChI=1S/C19H17ClFN3OS/c1-10-5-3-6-12(9-10)23-18(25)15-11(2)22-19(26)24-17(15)16-13(20)7-4-8-14(16)21/h3-9,17H,1-2H3,(H,23,25)(H2,22,24,26)/t17-/m1/s1. The van der Waals surface area contributed by atoms with Gasteiger partial charge in [0.2, 0.25) is 0 Å². The minimum Gasteiger partial charge on any atom is -0.351 e. The number of carbonyl (C=O) groups excluding carboxylic acids is 1. The Morgan fingerprint density at radius 2 is 1.96 bits per heavy atom. The number of amides is 1. The number of benzene rings is 2. The molecule has 0 unspecified atom stereocenters. The lowest BCUT2D eigenvalue weighted by Gasteiger charge is -2.31. The number of carbonyl (C=O) groups is 1. The molecule has 26 heavy (non-hydrogen) atoms. The van der Waals surface area contributed by atoms with Crippen LogP contribution >= 0.6 is 23.8 Å². The maximum absolute atomic E-state index is 14.5. The van der Waals surface area contributed by atoms with E-state index in [2.05, 4.69) is 16.0 Å². The number of hydrogen-bond acceptors (Lipinski definition) is 2. The second-order valence-corrected chi connectivity index (χ2v) is 6.84. The zero-order valence-electron chi connectivity index (χ0n) is 14.2. The Balaban J connectivity index is 2.02. The predicted molar refractivity (Wildman–Crippen MR) is 106 cm³/mol. The van der Waals surface area contributed by atoms with Crippen LogP contribution in [0.2, 0.25) is 5.02 Å². The van der Waals surface area contributed by atoms with Crippen molar-refractivity contribution in [1.82, 2.24) is 10.6 Å². The van der Waals surface area contributed by atoms with Crippen molar-refractivity contribution in [3.8, 4) is 0 Å². The largest absolute Gasteiger partial charge is 0.351 e. The Morgan fingerprint density at radius 1 is 1.23 bits per heavy atom. The van der Waals surface area contributed by atoms with Crippen molar-refractivity contribution in [2.24, 2.45) is 0 Å². The average molecular weight is 390 g/mol. The molecule has 1 aliphatic heterocycles. The van der Waals surface area contributed by atoms with E-state index in [0.717, 1.165) is 5.56 Å². The molecule has 1 atom stereocenters. The fraction of sp³-hybridized carbons (Fsp3) is 0.158. The third kappa shape index (κ3) is 3.71. The molecule has 3 rings (SSSR count). The topological polar surface area (TPSA) is 53.2 Å². The third-order valence-electron chi connectivity index (χ3n) is 4.08. The lowest BCUT2D eigenvalue weighted by Crippen LogP contribution is -2.46. The maximum atomic E-state index is 14.5. The summed E-state index contributed by atoms with van der Waals surface area (Å²) in [5.41, 5.74) is 2.73. The van der Waals surface area contributed by atoms with Crippen LogP contribution < -0.4 is 16.0 Å². The highest BCUT2D eigenvalue weighted by atomic mass is 35.5. The fourth-order valence-corrected chi connectivity index (χ4v) is 3.46. The molecular formula is C19H17ClFN3OS. The van der Waals surface area contributed by atoms with Gasteiger partial charge in [0, 0.05) is 22.0 Å². The number of halogens is 2. The molecule has 0 radical (unpaired) electrons. The van der Waals surface area contributed by atoms with Gasteiger partial charge < -0.3 is 16.0 Å². The first-order valence-corrected chi connectivity index (χ1v) is 8.75. The molecule has 0 aliphatic carbocycles. The van der Waals surface area contributed by atoms with Gasteiger partial charge in [-0.05, 0) is 55.9 Å². The van der Waals surface area contributed by atoms with Gasteiger partial charge in [-0.3, -0.25) is 4.79 Å². The number of anilines is 1. The molecule has 0 saturated heterocycles. The lowest BCUT2D eigenvalue weighted by molar-refractivity contribution is -0.113. The summed E-state index contributed by atoms with van der Waals surface area (Å²) in [6.07, 6.45) is 0. The molecule has 2 aromatic carbocycles. The summed E-state index contributed by atoms with van der Waals surface area (Å²) in [5, 5.41) is 9.25. The van der Waals surface area contributed by atoms with Crippen molar-refractivity contribution in [1.29, 1.82) is 0 Å². The van der Waals surface area contributed by atoms with Crippen molar-refractivity contribution >= 4 is 40.5 Å². The van der Waals surface area contributed by atoms with E-state index in [1.54, 1.807) is 19.1 Å². The van der Waals surface area contributed by atoms with E-state index in [1.807, 2.05) is 25.1 Å². The molecule has 0 saturated carbocycles. The molecule has 7 heteroatoms. The van der Waals surface area contributed by atoms with Crippen LogP contribution in [-0.4, -0.2) is 11.0 Å². The number of nitrogens with one attached hydrogen (secondary N) is 3. The van der Waals surface area contributed by atoms with Crippen LogP contribution in [0.1, 0.15) is 24.1 Å². The van der Waals surface area contributed by atoms with E-state index >= 15 is 0 Å². The third-order valence-corrected chi connectivity index (χ3v) is 4.63. The normalized spacial score (nSPS) is 16.8. The van der Waals surface area contributed by atoms with E-state index in [-0.39, 0.29) is 16.5 Å². The predicted octanol–water partition coefficient (Wildman–Crippen LogP) is 4.22. The molecule has 0 fully saturated rings. The van der Waals surface area contributed by atoms with Gasteiger partial charge in [0.1, 0.15) is 5.82 Å². The monoisotopic (exact) mass is 389 g/mol. The van der Waals surface area contributed by atoms with Crippen molar-refractivity contribution < 1.29 is 9.18 Å². The van der Waals surface area contributed by atoms with Gasteiger partial charge in [-0.1, -0.05) is 29.8 Å². The van der Waals surface area contributed by atoms with E-state index < -0.39 is 11.9 Å². The summed E-state index contributed by atoms with van der Waals surface area (Å²) in [6, 6.07) is 11.0. The number of hydrogen-bond donors (Lipinski definition) is 3. The maximum Gasteiger partial charge on any atom is 0.255 e. The zero-order valence-corrected chi connectivity index (χ0v) is 15.8. The molecule has 0 bridgehead atoms. The van der Waals surface area contributed by atoms with Crippen molar-refractivity contribution in [3.05, 3.63) is 75.7 Å². The summed E-state index contributed by atoms with van der Waals surface area (Å²) in [5.74, 6) is -0.867. The second kappa shape index (κ2) is 7.43. The van der Waals surface area contributed by atoms with Crippen molar-refractivity contribution in [2.45, 2.75) is 19.9 Å². The Hall–Kier alpha value is -2.44. The smallest absolute Gasteiger partial charge is 0.255 e.